The Morgan fingerprint density at radius 3 is 1.92 bits per heavy atom. The fraction of sp³-hybridized carbons (Fsp3) is 0.179. The van der Waals surface area contributed by atoms with Gasteiger partial charge in [-0.05, 0) is 47.5 Å². The molecule has 3 aromatic rings. The molecule has 0 saturated heterocycles. The lowest BCUT2D eigenvalue weighted by atomic mass is 10.1. The Kier molecular flexibility index (Phi) is 8.88. The van der Waals surface area contributed by atoms with Crippen LogP contribution in [0.25, 0.3) is 18.2 Å². The summed E-state index contributed by atoms with van der Waals surface area (Å²) in [5.74, 6) is 1.83. The number of methoxy groups -OCH3 is 5. The first-order valence-corrected chi connectivity index (χ1v) is 11.2. The predicted molar refractivity (Wildman–Crippen MR) is 145 cm³/mol. The molecule has 0 aromatic heterocycles. The van der Waals surface area contributed by atoms with Gasteiger partial charge in [0.05, 0.1) is 46.9 Å². The van der Waals surface area contributed by atoms with Crippen LogP contribution in [0.3, 0.4) is 0 Å². The van der Waals surface area contributed by atoms with Crippen molar-refractivity contribution in [3.05, 3.63) is 65.2 Å². The number of nitrogen functional groups attached to an aromatic ring is 1. The Morgan fingerprint density at radius 1 is 0.784 bits per heavy atom. The molecule has 9 nitrogen and oxygen atoms in total. The number of para-hydroxylation sites is 1. The van der Waals surface area contributed by atoms with Gasteiger partial charge >= 0.3 is 0 Å². The zero-order valence-electron chi connectivity index (χ0n) is 21.3. The quantitative estimate of drug-likeness (QED) is 0.155. The highest BCUT2D eigenvalue weighted by Crippen LogP contribution is 2.39. The van der Waals surface area contributed by atoms with Crippen molar-refractivity contribution in [3.8, 4) is 34.5 Å². The van der Waals surface area contributed by atoms with Crippen LogP contribution in [0.4, 0.5) is 11.4 Å². The maximum atomic E-state index is 12.7. The number of benzene rings is 3. The first-order valence-electron chi connectivity index (χ1n) is 11.2. The third kappa shape index (κ3) is 6.26. The van der Waals surface area contributed by atoms with E-state index in [1.54, 1.807) is 54.6 Å². The molecule has 37 heavy (non-hydrogen) atoms. The lowest BCUT2D eigenvalue weighted by Gasteiger charge is -2.13. The summed E-state index contributed by atoms with van der Waals surface area (Å²) in [5.41, 5.74) is 8.64. The second-order valence-electron chi connectivity index (χ2n) is 7.70. The number of hydrogen-bond donors (Lipinski definition) is 3. The van der Waals surface area contributed by atoms with Crippen molar-refractivity contribution in [1.29, 1.82) is 0 Å². The molecule has 0 aliphatic heterocycles. The summed E-state index contributed by atoms with van der Waals surface area (Å²) in [6.45, 7) is 0. The highest BCUT2D eigenvalue weighted by atomic mass is 16.5. The van der Waals surface area contributed by atoms with E-state index in [0.717, 1.165) is 5.56 Å². The molecule has 0 heterocycles. The van der Waals surface area contributed by atoms with Crippen LogP contribution in [0.2, 0.25) is 0 Å². The molecule has 0 atom stereocenters. The molecule has 3 rings (SSSR count). The Labute approximate surface area is 215 Å². The van der Waals surface area contributed by atoms with Crippen molar-refractivity contribution in [2.75, 3.05) is 46.6 Å². The Hall–Kier alpha value is -4.79. The minimum absolute atomic E-state index is 0.0795. The van der Waals surface area contributed by atoms with Crippen molar-refractivity contribution in [1.82, 2.24) is 0 Å². The van der Waals surface area contributed by atoms with Gasteiger partial charge in [-0.15, -0.1) is 0 Å². The van der Waals surface area contributed by atoms with Gasteiger partial charge in [0.2, 0.25) is 11.7 Å². The van der Waals surface area contributed by atoms with Crippen LogP contribution < -0.4 is 34.7 Å². The summed E-state index contributed by atoms with van der Waals surface area (Å²) in [4.78, 5) is 12.7. The summed E-state index contributed by atoms with van der Waals surface area (Å²) in [6, 6.07) is 11.9. The van der Waals surface area contributed by atoms with Gasteiger partial charge in [-0.2, -0.15) is 0 Å². The van der Waals surface area contributed by atoms with E-state index in [-0.39, 0.29) is 11.4 Å². The minimum Gasteiger partial charge on any atom is -0.506 e. The molecule has 0 saturated carbocycles. The topological polar surface area (TPSA) is 122 Å². The van der Waals surface area contributed by atoms with E-state index in [1.165, 1.54) is 47.7 Å². The minimum atomic E-state index is -0.447. The summed E-state index contributed by atoms with van der Waals surface area (Å²) >= 11 is 0. The fourth-order valence-electron chi connectivity index (χ4n) is 3.67. The number of nitrogens with two attached hydrogens (primary N) is 1. The zero-order chi connectivity index (χ0) is 26.9. The number of anilines is 2. The van der Waals surface area contributed by atoms with Crippen LogP contribution in [0.5, 0.6) is 34.5 Å². The fourth-order valence-corrected chi connectivity index (χ4v) is 3.67. The smallest absolute Gasteiger partial charge is 0.248 e. The number of rotatable bonds is 10. The second-order valence-corrected chi connectivity index (χ2v) is 7.70. The number of carbonyl (C=O) groups is 1. The van der Waals surface area contributed by atoms with Crippen molar-refractivity contribution in [2.45, 2.75) is 0 Å². The summed E-state index contributed by atoms with van der Waals surface area (Å²) in [5, 5.41) is 13.2. The number of ether oxygens (including phenoxy) is 5. The molecule has 4 N–H and O–H groups in total. The van der Waals surface area contributed by atoms with Gasteiger partial charge in [-0.25, -0.2) is 0 Å². The lowest BCUT2D eigenvalue weighted by molar-refractivity contribution is -0.111. The van der Waals surface area contributed by atoms with Gasteiger partial charge in [0.15, 0.2) is 23.0 Å². The molecule has 3 aromatic carbocycles. The normalized spacial score (nSPS) is 10.9. The van der Waals surface area contributed by atoms with Crippen molar-refractivity contribution < 1.29 is 33.6 Å². The van der Waals surface area contributed by atoms with Crippen LogP contribution >= 0.6 is 0 Å². The van der Waals surface area contributed by atoms with E-state index < -0.39 is 5.91 Å². The van der Waals surface area contributed by atoms with Crippen molar-refractivity contribution in [3.63, 3.8) is 0 Å². The zero-order valence-corrected chi connectivity index (χ0v) is 21.3. The lowest BCUT2D eigenvalue weighted by Crippen LogP contribution is -2.09. The van der Waals surface area contributed by atoms with Gasteiger partial charge in [0, 0.05) is 11.6 Å². The SMILES string of the molecule is COc1cc(/C=C/C(=O)Nc2c(O)cccc2/C=C/c2cc(OC)c(OC)c(OC)c2)cc(N)c1OC. The highest BCUT2D eigenvalue weighted by molar-refractivity contribution is 6.04. The summed E-state index contributed by atoms with van der Waals surface area (Å²) in [6.07, 6.45) is 6.48. The van der Waals surface area contributed by atoms with E-state index in [2.05, 4.69) is 5.32 Å². The number of phenolic OH excluding ortho intramolecular Hbond substituents is 1. The average molecular weight is 507 g/mol. The van der Waals surface area contributed by atoms with Gasteiger partial charge in [0.1, 0.15) is 5.75 Å². The van der Waals surface area contributed by atoms with E-state index in [0.29, 0.717) is 45.6 Å². The standard InChI is InChI=1S/C28H30N2O7/c1-33-22-14-17(13-20(29)27(22)36-4)10-12-25(32)30-26-19(7-6-8-21(26)31)11-9-18-15-23(34-2)28(37-5)24(16-18)35-3/h6-16,31H,29H2,1-5H3,(H,30,32)/b11-9+,12-10+. The van der Waals surface area contributed by atoms with Crippen molar-refractivity contribution >= 4 is 35.5 Å². The van der Waals surface area contributed by atoms with Crippen LogP contribution in [0.1, 0.15) is 16.7 Å². The van der Waals surface area contributed by atoms with Crippen molar-refractivity contribution in [2.24, 2.45) is 0 Å². The first kappa shape index (κ1) is 26.8. The summed E-state index contributed by atoms with van der Waals surface area (Å²) < 4.78 is 26.7. The van der Waals surface area contributed by atoms with Crippen LogP contribution in [-0.4, -0.2) is 46.6 Å². The van der Waals surface area contributed by atoms with E-state index >= 15 is 0 Å². The van der Waals surface area contributed by atoms with E-state index in [4.69, 9.17) is 29.4 Å². The first-order chi connectivity index (χ1) is 17.8. The van der Waals surface area contributed by atoms with Gasteiger partial charge in [-0.1, -0.05) is 24.3 Å². The third-order valence-electron chi connectivity index (χ3n) is 5.42. The highest BCUT2D eigenvalue weighted by Gasteiger charge is 2.13. The third-order valence-corrected chi connectivity index (χ3v) is 5.42. The number of phenols is 1. The van der Waals surface area contributed by atoms with Gasteiger partial charge in [-0.3, -0.25) is 4.79 Å². The number of carbonyl (C=O) groups excluding carboxylic acids is 1. The molecular weight excluding hydrogens is 476 g/mol. The van der Waals surface area contributed by atoms with Crippen LogP contribution in [-0.2, 0) is 4.79 Å². The Balaban J connectivity index is 1.85. The Bertz CT molecular complexity index is 1310. The molecular formula is C28H30N2O7. The van der Waals surface area contributed by atoms with E-state index in [9.17, 15) is 9.90 Å². The largest absolute Gasteiger partial charge is 0.506 e. The number of aromatic hydroxyl groups is 1. The van der Waals surface area contributed by atoms with Gasteiger partial charge in [0.25, 0.3) is 0 Å². The molecule has 0 spiro atoms. The molecule has 0 aliphatic rings. The predicted octanol–water partition coefficient (Wildman–Crippen LogP) is 4.84. The maximum absolute atomic E-state index is 12.7. The molecule has 0 fully saturated rings. The van der Waals surface area contributed by atoms with E-state index in [1.807, 2.05) is 0 Å². The second kappa shape index (κ2) is 12.3. The molecule has 9 heteroatoms. The molecule has 0 bridgehead atoms. The maximum Gasteiger partial charge on any atom is 0.248 e. The molecule has 1 amide bonds. The average Bonchev–Trinajstić information content (AvgIpc) is 2.91. The number of amides is 1. The van der Waals surface area contributed by atoms with Crippen LogP contribution in [0, 0.1) is 0 Å². The molecule has 0 aliphatic carbocycles. The van der Waals surface area contributed by atoms with Crippen LogP contribution in [0.15, 0.2) is 48.5 Å². The summed E-state index contributed by atoms with van der Waals surface area (Å²) in [7, 11) is 7.61. The monoisotopic (exact) mass is 506 g/mol. The number of nitrogens with one attached hydrogen (secondary N) is 1. The van der Waals surface area contributed by atoms with Gasteiger partial charge < -0.3 is 39.8 Å². The molecule has 0 unspecified atom stereocenters. The Morgan fingerprint density at radius 2 is 1.35 bits per heavy atom. The number of hydrogen-bond acceptors (Lipinski definition) is 8. The molecule has 0 radical (unpaired) electrons. The molecule has 194 valence electrons.